The lowest BCUT2D eigenvalue weighted by atomic mass is 10.2. The van der Waals surface area contributed by atoms with Crippen LogP contribution in [0.1, 0.15) is 31.2 Å². The van der Waals surface area contributed by atoms with Crippen molar-refractivity contribution in [2.75, 3.05) is 7.05 Å². The lowest BCUT2D eigenvalue weighted by Gasteiger charge is -2.23. The van der Waals surface area contributed by atoms with Crippen LogP contribution in [0.4, 0.5) is 0 Å². The summed E-state index contributed by atoms with van der Waals surface area (Å²) >= 11 is 0. The third-order valence-electron chi connectivity index (χ3n) is 3.72. The van der Waals surface area contributed by atoms with Crippen LogP contribution in [0.2, 0.25) is 0 Å². The van der Waals surface area contributed by atoms with E-state index in [1.807, 2.05) is 6.07 Å². The maximum absolute atomic E-state index is 12.4. The van der Waals surface area contributed by atoms with Crippen molar-refractivity contribution < 1.29 is 8.42 Å². The number of hydrogen-bond acceptors (Lipinski definition) is 3. The molecule has 0 atom stereocenters. The van der Waals surface area contributed by atoms with Crippen LogP contribution in [0.5, 0.6) is 0 Å². The second-order valence-electron chi connectivity index (χ2n) is 4.94. The largest absolute Gasteiger partial charge is 0.243 e. The van der Waals surface area contributed by atoms with E-state index in [1.165, 1.54) is 4.31 Å². The van der Waals surface area contributed by atoms with Crippen LogP contribution in [0, 0.1) is 11.3 Å². The molecule has 1 fully saturated rings. The summed E-state index contributed by atoms with van der Waals surface area (Å²) in [4.78, 5) is 0.309. The molecule has 4 nitrogen and oxygen atoms in total. The Morgan fingerprint density at radius 3 is 2.37 bits per heavy atom. The van der Waals surface area contributed by atoms with Crippen molar-refractivity contribution >= 4 is 10.0 Å². The van der Waals surface area contributed by atoms with Crippen molar-refractivity contribution in [3.63, 3.8) is 0 Å². The molecule has 1 aromatic carbocycles. The van der Waals surface area contributed by atoms with Gasteiger partial charge in [0, 0.05) is 13.1 Å². The molecule has 0 radical (unpaired) electrons. The third kappa shape index (κ3) is 2.96. The Labute approximate surface area is 114 Å². The van der Waals surface area contributed by atoms with Crippen LogP contribution >= 0.6 is 0 Å². The molecular formula is C14H18N2O2S. The van der Waals surface area contributed by atoms with Gasteiger partial charge in [0.05, 0.1) is 17.4 Å². The van der Waals surface area contributed by atoms with Gasteiger partial charge in [0.25, 0.3) is 0 Å². The average Bonchev–Trinajstić information content (AvgIpc) is 2.92. The fourth-order valence-electron chi connectivity index (χ4n) is 2.50. The zero-order valence-corrected chi connectivity index (χ0v) is 11.9. The Hall–Kier alpha value is -1.38. The fraction of sp³-hybridized carbons (Fsp3) is 0.500. The van der Waals surface area contributed by atoms with Crippen molar-refractivity contribution in [1.29, 1.82) is 5.26 Å². The Bertz CT molecular complexity index is 566. The summed E-state index contributed by atoms with van der Waals surface area (Å²) in [7, 11) is -1.74. The monoisotopic (exact) mass is 278 g/mol. The topological polar surface area (TPSA) is 61.2 Å². The van der Waals surface area contributed by atoms with E-state index < -0.39 is 10.0 Å². The first-order valence-corrected chi connectivity index (χ1v) is 7.93. The predicted octanol–water partition coefficient (Wildman–Crippen LogP) is 2.32. The van der Waals surface area contributed by atoms with Crippen molar-refractivity contribution in [2.45, 2.75) is 43.0 Å². The first kappa shape index (κ1) is 14.0. The number of nitrogens with zero attached hydrogens (tertiary/aromatic N) is 2. The van der Waals surface area contributed by atoms with E-state index in [1.54, 1.807) is 31.3 Å². The summed E-state index contributed by atoms with van der Waals surface area (Å²) in [5, 5.41) is 8.60. The molecule has 0 saturated heterocycles. The van der Waals surface area contributed by atoms with E-state index in [0.29, 0.717) is 11.3 Å². The molecule has 1 aliphatic rings. The molecule has 0 N–H and O–H groups in total. The highest BCUT2D eigenvalue weighted by Gasteiger charge is 2.29. The summed E-state index contributed by atoms with van der Waals surface area (Å²) in [6, 6.07) is 8.77. The molecule has 2 rings (SSSR count). The number of hydrogen-bond donors (Lipinski definition) is 0. The first-order chi connectivity index (χ1) is 9.05. The molecule has 1 aromatic rings. The molecule has 0 heterocycles. The van der Waals surface area contributed by atoms with Crippen molar-refractivity contribution in [2.24, 2.45) is 0 Å². The van der Waals surface area contributed by atoms with Gasteiger partial charge in [0.2, 0.25) is 10.0 Å². The Morgan fingerprint density at radius 2 is 1.84 bits per heavy atom. The highest BCUT2D eigenvalue weighted by molar-refractivity contribution is 7.89. The number of sulfonamides is 1. The molecule has 102 valence electrons. The van der Waals surface area contributed by atoms with Gasteiger partial charge in [-0.05, 0) is 30.5 Å². The molecule has 5 heteroatoms. The molecule has 1 aliphatic carbocycles. The minimum absolute atomic E-state index is 0.129. The number of rotatable bonds is 4. The van der Waals surface area contributed by atoms with E-state index in [4.69, 9.17) is 5.26 Å². The van der Waals surface area contributed by atoms with Gasteiger partial charge in [-0.25, -0.2) is 8.42 Å². The van der Waals surface area contributed by atoms with Gasteiger partial charge in [-0.2, -0.15) is 9.57 Å². The highest BCUT2D eigenvalue weighted by Crippen LogP contribution is 2.27. The van der Waals surface area contributed by atoms with E-state index in [0.717, 1.165) is 31.2 Å². The van der Waals surface area contributed by atoms with Crippen molar-refractivity contribution in [3.05, 3.63) is 29.8 Å². The lowest BCUT2D eigenvalue weighted by Crippen LogP contribution is -2.35. The summed E-state index contributed by atoms with van der Waals surface area (Å²) in [6.45, 7) is 0. The summed E-state index contributed by atoms with van der Waals surface area (Å²) in [5.74, 6) is 0. The molecular weight excluding hydrogens is 260 g/mol. The maximum Gasteiger partial charge on any atom is 0.243 e. The van der Waals surface area contributed by atoms with Crippen LogP contribution in [0.15, 0.2) is 29.2 Å². The standard InChI is InChI=1S/C14H18N2O2S/c1-16(13-4-2-3-5-13)19(17,18)14-8-6-12(7-9-14)10-11-15/h6-9,13H,2-5,10H2,1H3. The highest BCUT2D eigenvalue weighted by atomic mass is 32.2. The molecule has 1 saturated carbocycles. The van der Waals surface area contributed by atoms with Crippen LogP contribution in [0.25, 0.3) is 0 Å². The Kier molecular flexibility index (Phi) is 4.23. The third-order valence-corrected chi connectivity index (χ3v) is 5.65. The minimum Gasteiger partial charge on any atom is -0.207 e. The number of nitriles is 1. The van der Waals surface area contributed by atoms with Crippen molar-refractivity contribution in [3.8, 4) is 6.07 Å². The normalized spacial score (nSPS) is 16.7. The van der Waals surface area contributed by atoms with E-state index in [9.17, 15) is 8.42 Å². The molecule has 0 aromatic heterocycles. The predicted molar refractivity (Wildman–Crippen MR) is 73.0 cm³/mol. The van der Waals surface area contributed by atoms with Crippen molar-refractivity contribution in [1.82, 2.24) is 4.31 Å². The van der Waals surface area contributed by atoms with Crippen LogP contribution in [-0.2, 0) is 16.4 Å². The van der Waals surface area contributed by atoms with Gasteiger partial charge in [-0.3, -0.25) is 0 Å². The molecule has 0 aliphatic heterocycles. The maximum atomic E-state index is 12.4. The fourth-order valence-corrected chi connectivity index (χ4v) is 3.92. The average molecular weight is 278 g/mol. The Morgan fingerprint density at radius 1 is 1.26 bits per heavy atom. The van der Waals surface area contributed by atoms with Gasteiger partial charge >= 0.3 is 0 Å². The van der Waals surface area contributed by atoms with Gasteiger partial charge in [0.15, 0.2) is 0 Å². The summed E-state index contributed by atoms with van der Waals surface area (Å²) in [6.07, 6.45) is 4.40. The quantitative estimate of drug-likeness (QED) is 0.849. The van der Waals surface area contributed by atoms with Gasteiger partial charge < -0.3 is 0 Å². The number of benzene rings is 1. The summed E-state index contributed by atoms with van der Waals surface area (Å²) in [5.41, 5.74) is 0.838. The van der Waals surface area contributed by atoms with E-state index in [2.05, 4.69) is 0 Å². The van der Waals surface area contributed by atoms with E-state index in [-0.39, 0.29) is 6.04 Å². The molecule has 0 amide bonds. The smallest absolute Gasteiger partial charge is 0.207 e. The molecule has 19 heavy (non-hydrogen) atoms. The Balaban J connectivity index is 2.21. The molecule has 0 spiro atoms. The second-order valence-corrected chi connectivity index (χ2v) is 6.94. The van der Waals surface area contributed by atoms with E-state index >= 15 is 0 Å². The molecule has 0 bridgehead atoms. The molecule has 0 unspecified atom stereocenters. The van der Waals surface area contributed by atoms with Crippen LogP contribution in [-0.4, -0.2) is 25.8 Å². The van der Waals surface area contributed by atoms with Gasteiger partial charge in [0.1, 0.15) is 0 Å². The first-order valence-electron chi connectivity index (χ1n) is 6.49. The second kappa shape index (κ2) is 5.72. The zero-order chi connectivity index (χ0) is 13.9. The zero-order valence-electron chi connectivity index (χ0n) is 11.0. The van der Waals surface area contributed by atoms with Gasteiger partial charge in [-0.1, -0.05) is 25.0 Å². The minimum atomic E-state index is -3.40. The SMILES string of the molecule is CN(C1CCCC1)S(=O)(=O)c1ccc(CC#N)cc1. The van der Waals surface area contributed by atoms with Crippen LogP contribution in [0.3, 0.4) is 0 Å². The van der Waals surface area contributed by atoms with Gasteiger partial charge in [-0.15, -0.1) is 0 Å². The van der Waals surface area contributed by atoms with Crippen LogP contribution < -0.4 is 0 Å². The summed E-state index contributed by atoms with van der Waals surface area (Å²) < 4.78 is 26.4. The lowest BCUT2D eigenvalue weighted by molar-refractivity contribution is 0.373.